The molecule has 6 heteroatoms. The minimum Gasteiger partial charge on any atom is -0.497 e. The Morgan fingerprint density at radius 1 is 1.32 bits per heavy atom. The van der Waals surface area contributed by atoms with Crippen LogP contribution in [0, 0.1) is 0 Å². The van der Waals surface area contributed by atoms with Crippen molar-refractivity contribution in [2.24, 2.45) is 11.5 Å². The zero-order valence-corrected chi connectivity index (χ0v) is 11.1. The summed E-state index contributed by atoms with van der Waals surface area (Å²) in [6.45, 7) is 0.412. The second kappa shape index (κ2) is 6.75. The third-order valence-corrected chi connectivity index (χ3v) is 2.69. The van der Waals surface area contributed by atoms with E-state index in [1.165, 1.54) is 4.90 Å². The summed E-state index contributed by atoms with van der Waals surface area (Å²) in [5, 5.41) is 0. The molecule has 0 aliphatic carbocycles. The van der Waals surface area contributed by atoms with Gasteiger partial charge >= 0.3 is 0 Å². The first-order valence-electron chi connectivity index (χ1n) is 5.86. The van der Waals surface area contributed by atoms with Crippen LogP contribution in [-0.2, 0) is 16.1 Å². The van der Waals surface area contributed by atoms with Crippen LogP contribution in [0.3, 0.4) is 0 Å². The molecule has 1 atom stereocenters. The molecule has 1 aromatic carbocycles. The number of benzene rings is 1. The molecule has 0 saturated heterocycles. The first-order chi connectivity index (χ1) is 8.93. The molecule has 0 radical (unpaired) electrons. The molecule has 1 unspecified atom stereocenters. The van der Waals surface area contributed by atoms with Crippen molar-refractivity contribution in [3.63, 3.8) is 0 Å². The fourth-order valence-corrected chi connectivity index (χ4v) is 1.67. The van der Waals surface area contributed by atoms with Crippen molar-refractivity contribution >= 4 is 11.8 Å². The summed E-state index contributed by atoms with van der Waals surface area (Å²) in [4.78, 5) is 24.1. The van der Waals surface area contributed by atoms with E-state index in [0.29, 0.717) is 6.54 Å². The molecule has 0 fully saturated rings. The molecule has 6 nitrogen and oxygen atoms in total. The Labute approximate surface area is 112 Å². The maximum absolute atomic E-state index is 11.9. The number of primary amides is 1. The van der Waals surface area contributed by atoms with E-state index < -0.39 is 11.9 Å². The topological polar surface area (TPSA) is 98.7 Å². The average molecular weight is 265 g/mol. The molecule has 1 rings (SSSR count). The Bertz CT molecular complexity index is 445. The predicted octanol–water partition coefficient (Wildman–Crippen LogP) is -0.144. The molecule has 104 valence electrons. The van der Waals surface area contributed by atoms with Crippen LogP contribution < -0.4 is 16.2 Å². The Hall–Kier alpha value is -2.08. The highest BCUT2D eigenvalue weighted by Crippen LogP contribution is 2.12. The number of hydrogen-bond acceptors (Lipinski definition) is 4. The van der Waals surface area contributed by atoms with E-state index in [1.807, 2.05) is 24.3 Å². The third-order valence-electron chi connectivity index (χ3n) is 2.69. The van der Waals surface area contributed by atoms with Crippen molar-refractivity contribution in [2.75, 3.05) is 14.2 Å². The number of ether oxygens (including phenoxy) is 1. The highest BCUT2D eigenvalue weighted by molar-refractivity contribution is 5.87. The van der Waals surface area contributed by atoms with Gasteiger partial charge in [-0.3, -0.25) is 9.59 Å². The summed E-state index contributed by atoms with van der Waals surface area (Å²) in [6, 6.07) is 6.47. The minimum atomic E-state index is -0.888. The number of nitrogens with two attached hydrogens (primary N) is 2. The van der Waals surface area contributed by atoms with Gasteiger partial charge in [-0.25, -0.2) is 0 Å². The van der Waals surface area contributed by atoms with E-state index in [9.17, 15) is 9.59 Å². The maximum Gasteiger partial charge on any atom is 0.240 e. The van der Waals surface area contributed by atoms with Gasteiger partial charge in [0.05, 0.1) is 19.6 Å². The molecule has 0 aromatic heterocycles. The summed E-state index contributed by atoms with van der Waals surface area (Å²) in [6.07, 6.45) is -0.147. The monoisotopic (exact) mass is 265 g/mol. The second-order valence-electron chi connectivity index (χ2n) is 4.32. The van der Waals surface area contributed by atoms with Gasteiger partial charge in [0.15, 0.2) is 0 Å². The fourth-order valence-electron chi connectivity index (χ4n) is 1.67. The van der Waals surface area contributed by atoms with Crippen molar-refractivity contribution in [1.82, 2.24) is 4.90 Å². The van der Waals surface area contributed by atoms with Gasteiger partial charge in [0.1, 0.15) is 5.75 Å². The molecule has 1 aromatic rings. The van der Waals surface area contributed by atoms with Crippen molar-refractivity contribution in [3.05, 3.63) is 29.8 Å². The molecule has 0 aliphatic heterocycles. The highest BCUT2D eigenvalue weighted by Gasteiger charge is 2.19. The third kappa shape index (κ3) is 4.59. The van der Waals surface area contributed by atoms with Gasteiger partial charge in [0.2, 0.25) is 11.8 Å². The lowest BCUT2D eigenvalue weighted by molar-refractivity contribution is -0.133. The molecule has 0 bridgehead atoms. The van der Waals surface area contributed by atoms with Crippen LogP contribution in [0.15, 0.2) is 24.3 Å². The Morgan fingerprint density at radius 3 is 2.37 bits per heavy atom. The number of hydrogen-bond donors (Lipinski definition) is 2. The average Bonchev–Trinajstić information content (AvgIpc) is 2.37. The summed E-state index contributed by atoms with van der Waals surface area (Å²) in [7, 11) is 3.22. The van der Waals surface area contributed by atoms with Crippen LogP contribution in [0.4, 0.5) is 0 Å². The Kier molecular flexibility index (Phi) is 5.32. The molecular weight excluding hydrogens is 246 g/mol. The van der Waals surface area contributed by atoms with Crippen molar-refractivity contribution in [1.29, 1.82) is 0 Å². The smallest absolute Gasteiger partial charge is 0.240 e. The SMILES string of the molecule is COc1ccc(CN(C)C(=O)C(N)CC(N)=O)cc1. The number of likely N-dealkylation sites (N-methyl/N-ethyl adjacent to an activating group) is 1. The predicted molar refractivity (Wildman–Crippen MR) is 71.3 cm³/mol. The normalized spacial score (nSPS) is 11.7. The molecule has 0 saturated carbocycles. The summed E-state index contributed by atoms with van der Waals surface area (Å²) in [5.41, 5.74) is 11.6. The van der Waals surface area contributed by atoms with Crippen LogP contribution in [0.5, 0.6) is 5.75 Å². The molecule has 2 amide bonds. The highest BCUT2D eigenvalue weighted by atomic mass is 16.5. The lowest BCUT2D eigenvalue weighted by Gasteiger charge is -2.20. The van der Waals surface area contributed by atoms with Crippen LogP contribution >= 0.6 is 0 Å². The number of nitrogens with zero attached hydrogens (tertiary/aromatic N) is 1. The Balaban J connectivity index is 2.60. The van der Waals surface area contributed by atoms with E-state index in [1.54, 1.807) is 14.2 Å². The number of carbonyl (C=O) groups excluding carboxylic acids is 2. The molecule has 0 spiro atoms. The summed E-state index contributed by atoms with van der Waals surface area (Å²) >= 11 is 0. The minimum absolute atomic E-state index is 0.147. The van der Waals surface area contributed by atoms with E-state index in [-0.39, 0.29) is 12.3 Å². The van der Waals surface area contributed by atoms with E-state index >= 15 is 0 Å². The molecule has 19 heavy (non-hydrogen) atoms. The number of rotatable bonds is 6. The van der Waals surface area contributed by atoms with Crippen LogP contribution in [0.25, 0.3) is 0 Å². The van der Waals surface area contributed by atoms with Crippen molar-refractivity contribution < 1.29 is 14.3 Å². The van der Waals surface area contributed by atoms with Gasteiger partial charge < -0.3 is 21.1 Å². The molecule has 0 heterocycles. The number of amides is 2. The number of carbonyl (C=O) groups is 2. The van der Waals surface area contributed by atoms with Crippen LogP contribution in [0.2, 0.25) is 0 Å². The first kappa shape index (κ1) is 15.0. The van der Waals surface area contributed by atoms with Gasteiger partial charge in [0.25, 0.3) is 0 Å². The summed E-state index contributed by atoms with van der Waals surface area (Å²) in [5.74, 6) is -0.142. The quantitative estimate of drug-likeness (QED) is 0.747. The van der Waals surface area contributed by atoms with Crippen LogP contribution in [-0.4, -0.2) is 36.9 Å². The number of methoxy groups -OCH3 is 1. The van der Waals surface area contributed by atoms with Gasteiger partial charge in [-0.2, -0.15) is 0 Å². The van der Waals surface area contributed by atoms with Crippen molar-refractivity contribution in [2.45, 2.75) is 19.0 Å². The largest absolute Gasteiger partial charge is 0.497 e. The summed E-state index contributed by atoms with van der Waals surface area (Å²) < 4.78 is 5.05. The van der Waals surface area contributed by atoms with Gasteiger partial charge in [-0.05, 0) is 17.7 Å². The zero-order chi connectivity index (χ0) is 14.4. The zero-order valence-electron chi connectivity index (χ0n) is 11.1. The van der Waals surface area contributed by atoms with Gasteiger partial charge in [0, 0.05) is 13.6 Å². The molecule has 0 aliphatic rings. The van der Waals surface area contributed by atoms with Gasteiger partial charge in [-0.1, -0.05) is 12.1 Å². The maximum atomic E-state index is 11.9. The lowest BCUT2D eigenvalue weighted by Crippen LogP contribution is -2.43. The van der Waals surface area contributed by atoms with Gasteiger partial charge in [-0.15, -0.1) is 0 Å². The molecule has 4 N–H and O–H groups in total. The standard InChI is InChI=1S/C13H19N3O3/c1-16(13(18)11(14)7-12(15)17)8-9-3-5-10(19-2)6-4-9/h3-6,11H,7-8,14H2,1-2H3,(H2,15,17). The Morgan fingerprint density at radius 2 is 1.89 bits per heavy atom. The lowest BCUT2D eigenvalue weighted by atomic mass is 10.1. The molecular formula is C13H19N3O3. The second-order valence-corrected chi connectivity index (χ2v) is 4.32. The fraction of sp³-hybridized carbons (Fsp3) is 0.385. The van der Waals surface area contributed by atoms with E-state index in [0.717, 1.165) is 11.3 Å². The van der Waals surface area contributed by atoms with E-state index in [2.05, 4.69) is 0 Å². The van der Waals surface area contributed by atoms with Crippen LogP contribution in [0.1, 0.15) is 12.0 Å². The van der Waals surface area contributed by atoms with Crippen molar-refractivity contribution in [3.8, 4) is 5.75 Å². The first-order valence-corrected chi connectivity index (χ1v) is 5.86. The van der Waals surface area contributed by atoms with E-state index in [4.69, 9.17) is 16.2 Å².